The Kier molecular flexibility index (Phi) is 5.34. The van der Waals surface area contributed by atoms with Crippen molar-refractivity contribution in [1.29, 1.82) is 0 Å². The molecule has 4 nitrogen and oxygen atoms in total. The number of ether oxygens (including phenoxy) is 1. The molecule has 0 fully saturated rings. The van der Waals surface area contributed by atoms with E-state index in [1.807, 2.05) is 0 Å². The number of rotatable bonds is 6. The van der Waals surface area contributed by atoms with Crippen LogP contribution in [0.3, 0.4) is 0 Å². The van der Waals surface area contributed by atoms with Gasteiger partial charge in [0.1, 0.15) is 5.54 Å². The second kappa shape index (κ2) is 5.72. The maximum Gasteiger partial charge on any atom is 0.330 e. The lowest BCUT2D eigenvalue weighted by Crippen LogP contribution is -2.47. The highest BCUT2D eigenvalue weighted by Crippen LogP contribution is 2.12. The highest BCUT2D eigenvalue weighted by molar-refractivity contribution is 5.82. The fourth-order valence-corrected chi connectivity index (χ4v) is 0.947. The van der Waals surface area contributed by atoms with E-state index >= 15 is 0 Å². The molecule has 0 saturated carbocycles. The van der Waals surface area contributed by atoms with E-state index in [0.717, 1.165) is 0 Å². The van der Waals surface area contributed by atoms with E-state index in [0.29, 0.717) is 26.0 Å². The maximum atomic E-state index is 11.3. The first-order valence-electron chi connectivity index (χ1n) is 4.40. The second-order valence-electron chi connectivity index (χ2n) is 2.86. The van der Waals surface area contributed by atoms with Gasteiger partial charge in [0.15, 0.2) is 0 Å². The molecule has 0 aromatic heterocycles. The fraction of sp³-hybridized carbons (Fsp3) is 0.667. The number of hydrogen-bond acceptors (Lipinski definition) is 4. The number of nitrogens with two attached hydrogens (primary N) is 2. The zero-order valence-corrected chi connectivity index (χ0v) is 8.08. The number of hydrogen-bond donors (Lipinski definition) is 2. The predicted molar refractivity (Wildman–Crippen MR) is 52.0 cm³/mol. The van der Waals surface area contributed by atoms with Crippen LogP contribution in [0.1, 0.15) is 19.8 Å². The number of carbonyl (C=O) groups is 1. The van der Waals surface area contributed by atoms with Crippen molar-refractivity contribution in [1.82, 2.24) is 0 Å². The van der Waals surface area contributed by atoms with Crippen LogP contribution in [0.25, 0.3) is 0 Å². The molecule has 0 unspecified atom stereocenters. The van der Waals surface area contributed by atoms with Gasteiger partial charge in [-0.15, -0.1) is 6.58 Å². The molecule has 13 heavy (non-hydrogen) atoms. The van der Waals surface area contributed by atoms with Crippen LogP contribution in [0.5, 0.6) is 0 Å². The average Bonchev–Trinajstić information content (AvgIpc) is 2.14. The Morgan fingerprint density at radius 2 is 2.31 bits per heavy atom. The van der Waals surface area contributed by atoms with E-state index in [9.17, 15) is 4.79 Å². The van der Waals surface area contributed by atoms with Crippen LogP contribution in [0, 0.1) is 0 Å². The molecule has 0 amide bonds. The maximum absolute atomic E-state index is 11.3. The van der Waals surface area contributed by atoms with Crippen molar-refractivity contribution >= 4 is 5.97 Å². The first kappa shape index (κ1) is 12.1. The van der Waals surface area contributed by atoms with Crippen LogP contribution in [0.2, 0.25) is 0 Å². The highest BCUT2D eigenvalue weighted by Gasteiger charge is 2.31. The number of esters is 1. The van der Waals surface area contributed by atoms with Crippen LogP contribution < -0.4 is 11.5 Å². The topological polar surface area (TPSA) is 78.3 Å². The van der Waals surface area contributed by atoms with Gasteiger partial charge < -0.3 is 16.2 Å². The normalized spacial score (nSPS) is 14.7. The van der Waals surface area contributed by atoms with E-state index in [4.69, 9.17) is 16.2 Å². The van der Waals surface area contributed by atoms with Gasteiger partial charge in [-0.05, 0) is 26.3 Å². The van der Waals surface area contributed by atoms with Gasteiger partial charge in [0, 0.05) is 0 Å². The molecule has 0 bridgehead atoms. The van der Waals surface area contributed by atoms with Crippen LogP contribution >= 0.6 is 0 Å². The Morgan fingerprint density at radius 3 is 2.69 bits per heavy atom. The van der Waals surface area contributed by atoms with Crippen molar-refractivity contribution < 1.29 is 9.53 Å². The van der Waals surface area contributed by atoms with Crippen molar-refractivity contribution in [3.63, 3.8) is 0 Å². The second-order valence-corrected chi connectivity index (χ2v) is 2.86. The van der Waals surface area contributed by atoms with Crippen molar-refractivity contribution in [2.75, 3.05) is 13.2 Å². The van der Waals surface area contributed by atoms with Gasteiger partial charge in [0.05, 0.1) is 6.61 Å². The molecule has 76 valence electrons. The Labute approximate surface area is 78.9 Å². The molecular formula is C9H18N2O2. The van der Waals surface area contributed by atoms with Crippen LogP contribution in [-0.4, -0.2) is 24.7 Å². The van der Waals surface area contributed by atoms with E-state index < -0.39 is 11.5 Å². The molecule has 0 aliphatic rings. The summed E-state index contributed by atoms with van der Waals surface area (Å²) in [4.78, 5) is 11.3. The Balaban J connectivity index is 4.24. The van der Waals surface area contributed by atoms with Crippen molar-refractivity contribution in [3.05, 3.63) is 12.7 Å². The molecule has 4 N–H and O–H groups in total. The van der Waals surface area contributed by atoms with Gasteiger partial charge in [-0.1, -0.05) is 6.08 Å². The third-order valence-electron chi connectivity index (χ3n) is 1.81. The van der Waals surface area contributed by atoms with Gasteiger partial charge in [-0.2, -0.15) is 0 Å². The van der Waals surface area contributed by atoms with E-state index in [1.165, 1.54) is 6.08 Å². The van der Waals surface area contributed by atoms with Crippen LogP contribution in [-0.2, 0) is 9.53 Å². The molecule has 4 heteroatoms. The first-order valence-corrected chi connectivity index (χ1v) is 4.40. The number of carbonyl (C=O) groups excluding carboxylic acids is 1. The molecule has 0 spiro atoms. The lowest BCUT2D eigenvalue weighted by molar-refractivity contribution is -0.147. The Morgan fingerprint density at radius 1 is 1.69 bits per heavy atom. The molecule has 0 saturated heterocycles. The smallest absolute Gasteiger partial charge is 0.330 e. The summed E-state index contributed by atoms with van der Waals surface area (Å²) >= 11 is 0. The summed E-state index contributed by atoms with van der Waals surface area (Å²) in [7, 11) is 0. The molecule has 0 aromatic carbocycles. The summed E-state index contributed by atoms with van der Waals surface area (Å²) in [5.74, 6) is -0.432. The summed E-state index contributed by atoms with van der Waals surface area (Å²) in [6.45, 7) is 6.10. The molecule has 1 atom stereocenters. The van der Waals surface area contributed by atoms with Gasteiger partial charge in [0.2, 0.25) is 0 Å². The predicted octanol–water partition coefficient (Wildman–Crippen LogP) is 0.172. The van der Waals surface area contributed by atoms with E-state index in [1.54, 1.807) is 6.92 Å². The zero-order chi connectivity index (χ0) is 10.3. The van der Waals surface area contributed by atoms with Gasteiger partial charge in [-0.3, -0.25) is 0 Å². The van der Waals surface area contributed by atoms with Crippen molar-refractivity contribution in [2.24, 2.45) is 11.5 Å². The largest absolute Gasteiger partial charge is 0.464 e. The lowest BCUT2D eigenvalue weighted by atomic mass is 9.95. The summed E-state index contributed by atoms with van der Waals surface area (Å²) in [5, 5.41) is 0. The van der Waals surface area contributed by atoms with E-state index in [2.05, 4.69) is 6.58 Å². The third kappa shape index (κ3) is 3.57. The zero-order valence-electron chi connectivity index (χ0n) is 8.08. The molecule has 0 rings (SSSR count). The van der Waals surface area contributed by atoms with Crippen LogP contribution in [0.15, 0.2) is 12.7 Å². The molecule has 0 heterocycles. The third-order valence-corrected chi connectivity index (χ3v) is 1.81. The Bertz CT molecular complexity index is 182. The lowest BCUT2D eigenvalue weighted by Gasteiger charge is -2.22. The minimum absolute atomic E-state index is 0.328. The van der Waals surface area contributed by atoms with Crippen LogP contribution in [0.4, 0.5) is 0 Å². The highest BCUT2D eigenvalue weighted by atomic mass is 16.5. The standard InChI is InChI=1S/C9H18N2O2/c1-3-9(11,6-5-7-10)8(12)13-4-2/h3H,1,4-7,10-11H2,2H3/t9-/m0/s1. The fourth-order valence-electron chi connectivity index (χ4n) is 0.947. The molecular weight excluding hydrogens is 168 g/mol. The summed E-state index contributed by atoms with van der Waals surface area (Å²) in [5.41, 5.74) is 10.0. The van der Waals surface area contributed by atoms with Gasteiger partial charge in [-0.25, -0.2) is 4.79 Å². The first-order chi connectivity index (χ1) is 6.10. The van der Waals surface area contributed by atoms with Gasteiger partial charge >= 0.3 is 5.97 Å². The summed E-state index contributed by atoms with van der Waals surface area (Å²) in [6.07, 6.45) is 2.58. The monoisotopic (exact) mass is 186 g/mol. The average molecular weight is 186 g/mol. The minimum Gasteiger partial charge on any atom is -0.464 e. The molecule has 0 aliphatic carbocycles. The van der Waals surface area contributed by atoms with Gasteiger partial charge in [0.25, 0.3) is 0 Å². The SMILES string of the molecule is C=C[C@](N)(CCCN)C(=O)OCC. The molecule has 0 radical (unpaired) electrons. The summed E-state index contributed by atoms with van der Waals surface area (Å²) < 4.78 is 4.82. The van der Waals surface area contributed by atoms with E-state index in [-0.39, 0.29) is 0 Å². The van der Waals surface area contributed by atoms with Crippen molar-refractivity contribution in [3.8, 4) is 0 Å². The quantitative estimate of drug-likeness (QED) is 0.458. The molecule has 0 aromatic rings. The summed E-state index contributed by atoms with van der Waals surface area (Å²) in [6, 6.07) is 0. The van der Waals surface area contributed by atoms with Crippen molar-refractivity contribution in [2.45, 2.75) is 25.3 Å². The Hall–Kier alpha value is -0.870. The molecule has 0 aliphatic heterocycles. The minimum atomic E-state index is -1.07.